The molecule has 0 aliphatic carbocycles. The Hall–Kier alpha value is -2.51. The summed E-state index contributed by atoms with van der Waals surface area (Å²) in [4.78, 5) is 27.4. The van der Waals surface area contributed by atoms with Crippen LogP contribution in [0, 0.1) is 0 Å². The van der Waals surface area contributed by atoms with Gasteiger partial charge in [-0.15, -0.1) is 0 Å². The zero-order valence-electron chi connectivity index (χ0n) is 17.3. The quantitative estimate of drug-likeness (QED) is 0.667. The molecule has 160 valence electrons. The van der Waals surface area contributed by atoms with Crippen LogP contribution in [0.3, 0.4) is 0 Å². The number of hydroxylamine groups is 1. The molecule has 1 amide bonds. The lowest BCUT2D eigenvalue weighted by molar-refractivity contribution is 0.000528. The number of hydrogen-bond donors (Lipinski definition) is 1. The van der Waals surface area contributed by atoms with E-state index in [4.69, 9.17) is 9.83 Å². The summed E-state index contributed by atoms with van der Waals surface area (Å²) < 4.78 is 13.5. The largest absolute Gasteiger partial charge is 0.328 e. The van der Waals surface area contributed by atoms with Crippen molar-refractivity contribution in [3.63, 3.8) is 0 Å². The number of nitrogens with zero attached hydrogens (tertiary/aromatic N) is 3. The van der Waals surface area contributed by atoms with Gasteiger partial charge in [-0.2, -0.15) is 0 Å². The maximum Gasteiger partial charge on any atom is 0.274 e. The molecule has 7 heteroatoms. The Kier molecular flexibility index (Phi) is 6.29. The fourth-order valence-corrected chi connectivity index (χ4v) is 4.41. The minimum absolute atomic E-state index is 0.0924. The average Bonchev–Trinajstić information content (AvgIpc) is 3.30. The molecule has 1 aromatic carbocycles. The van der Waals surface area contributed by atoms with Gasteiger partial charge in [-0.3, -0.25) is 14.6 Å². The number of halogens is 1. The SMILES string of the molecule is CC1N2C=CC=CC2=NC1(CCCN1CC[C@H](F)C1)CONC(=O)c1ccccc1. The van der Waals surface area contributed by atoms with E-state index in [9.17, 15) is 9.18 Å². The number of benzene rings is 1. The summed E-state index contributed by atoms with van der Waals surface area (Å²) in [7, 11) is 0. The highest BCUT2D eigenvalue weighted by atomic mass is 19.1. The first-order chi connectivity index (χ1) is 14.6. The van der Waals surface area contributed by atoms with Crippen molar-refractivity contribution in [3.05, 3.63) is 60.3 Å². The molecule has 0 bridgehead atoms. The number of amides is 1. The Labute approximate surface area is 177 Å². The standard InChI is InChI=1S/C23H29FN4O2/c1-18-23(25-21-10-5-6-14-28(18)21,12-7-13-27-15-11-20(24)16-27)17-30-26-22(29)19-8-3-2-4-9-19/h2-6,8-10,14,18,20H,7,11-13,15-17H2,1H3,(H,26,29)/t18?,20-,23?/m0/s1. The lowest BCUT2D eigenvalue weighted by Crippen LogP contribution is -2.48. The monoisotopic (exact) mass is 412 g/mol. The minimum Gasteiger partial charge on any atom is -0.328 e. The molecule has 1 aromatic rings. The topological polar surface area (TPSA) is 57.2 Å². The van der Waals surface area contributed by atoms with Crippen LogP contribution >= 0.6 is 0 Å². The van der Waals surface area contributed by atoms with Crippen molar-refractivity contribution in [3.8, 4) is 0 Å². The van der Waals surface area contributed by atoms with Crippen LogP contribution in [0.5, 0.6) is 0 Å². The van der Waals surface area contributed by atoms with Gasteiger partial charge in [0.05, 0.1) is 6.04 Å². The molecule has 6 nitrogen and oxygen atoms in total. The van der Waals surface area contributed by atoms with Crippen LogP contribution in [0.25, 0.3) is 0 Å². The predicted octanol–water partition coefficient (Wildman–Crippen LogP) is 3.10. The van der Waals surface area contributed by atoms with Gasteiger partial charge in [-0.1, -0.05) is 24.3 Å². The smallest absolute Gasteiger partial charge is 0.274 e. The van der Waals surface area contributed by atoms with Crippen molar-refractivity contribution in [2.24, 2.45) is 4.99 Å². The molecular formula is C23H29FN4O2. The number of alkyl halides is 1. The van der Waals surface area contributed by atoms with Crippen LogP contribution in [0.4, 0.5) is 4.39 Å². The second kappa shape index (κ2) is 9.10. The molecule has 3 heterocycles. The molecule has 3 aliphatic rings. The van der Waals surface area contributed by atoms with Gasteiger partial charge in [-0.05, 0) is 57.0 Å². The molecule has 0 aromatic heterocycles. The van der Waals surface area contributed by atoms with E-state index < -0.39 is 11.7 Å². The zero-order valence-corrected chi connectivity index (χ0v) is 17.3. The number of nitrogens with one attached hydrogen (secondary N) is 1. The van der Waals surface area contributed by atoms with E-state index in [2.05, 4.69) is 22.2 Å². The van der Waals surface area contributed by atoms with Crippen molar-refractivity contribution in [1.29, 1.82) is 0 Å². The van der Waals surface area contributed by atoms with Crippen molar-refractivity contribution in [2.45, 2.75) is 43.9 Å². The molecule has 1 saturated heterocycles. The Morgan fingerprint density at radius 1 is 1.33 bits per heavy atom. The fourth-order valence-electron chi connectivity index (χ4n) is 4.41. The lowest BCUT2D eigenvalue weighted by atomic mass is 9.88. The van der Waals surface area contributed by atoms with E-state index in [0.717, 1.165) is 31.8 Å². The third-order valence-corrected chi connectivity index (χ3v) is 6.22. The Morgan fingerprint density at radius 3 is 2.90 bits per heavy atom. The lowest BCUT2D eigenvalue weighted by Gasteiger charge is -2.34. The van der Waals surface area contributed by atoms with Crippen LogP contribution in [0.2, 0.25) is 0 Å². The summed E-state index contributed by atoms with van der Waals surface area (Å²) in [5.74, 6) is 0.639. The van der Waals surface area contributed by atoms with Gasteiger partial charge in [-0.25, -0.2) is 9.87 Å². The second-order valence-electron chi connectivity index (χ2n) is 8.23. The summed E-state index contributed by atoms with van der Waals surface area (Å²) in [5, 5.41) is 0. The second-order valence-corrected chi connectivity index (χ2v) is 8.23. The number of fused-ring (bicyclic) bond motifs is 1. The van der Waals surface area contributed by atoms with Crippen LogP contribution in [-0.2, 0) is 4.84 Å². The highest BCUT2D eigenvalue weighted by Crippen LogP contribution is 2.35. The number of carbonyl (C=O) groups is 1. The Bertz CT molecular complexity index is 841. The van der Waals surface area contributed by atoms with E-state index in [-0.39, 0.29) is 18.6 Å². The van der Waals surface area contributed by atoms with E-state index in [1.807, 2.05) is 42.6 Å². The van der Waals surface area contributed by atoms with E-state index in [0.29, 0.717) is 18.5 Å². The zero-order chi connectivity index (χ0) is 21.0. The number of rotatable bonds is 8. The summed E-state index contributed by atoms with van der Waals surface area (Å²) in [6.45, 7) is 4.61. The molecule has 0 saturated carbocycles. The maximum absolute atomic E-state index is 13.5. The molecule has 3 aliphatic heterocycles. The third-order valence-electron chi connectivity index (χ3n) is 6.22. The van der Waals surface area contributed by atoms with Crippen molar-refractivity contribution < 1.29 is 14.0 Å². The third kappa shape index (κ3) is 4.47. The van der Waals surface area contributed by atoms with Crippen LogP contribution in [-0.4, -0.2) is 65.5 Å². The number of allylic oxidation sites excluding steroid dienone is 2. The first kappa shape index (κ1) is 20.8. The summed E-state index contributed by atoms with van der Waals surface area (Å²) in [6.07, 6.45) is 9.61. The molecule has 30 heavy (non-hydrogen) atoms. The molecule has 2 unspecified atom stereocenters. The minimum atomic E-state index is -0.703. The summed E-state index contributed by atoms with van der Waals surface area (Å²) >= 11 is 0. The first-order valence-corrected chi connectivity index (χ1v) is 10.6. The fraction of sp³-hybridized carbons (Fsp3) is 0.478. The molecule has 1 N–H and O–H groups in total. The molecule has 4 rings (SSSR count). The van der Waals surface area contributed by atoms with Gasteiger partial charge in [0, 0.05) is 24.9 Å². The van der Waals surface area contributed by atoms with Crippen LogP contribution in [0.15, 0.2) is 59.8 Å². The molecule has 0 spiro atoms. The van der Waals surface area contributed by atoms with Crippen LogP contribution in [0.1, 0.15) is 36.5 Å². The predicted molar refractivity (Wildman–Crippen MR) is 115 cm³/mol. The Morgan fingerprint density at radius 2 is 2.17 bits per heavy atom. The van der Waals surface area contributed by atoms with Crippen molar-refractivity contribution >= 4 is 11.7 Å². The average molecular weight is 413 g/mol. The molecule has 3 atom stereocenters. The van der Waals surface area contributed by atoms with E-state index >= 15 is 0 Å². The van der Waals surface area contributed by atoms with Gasteiger partial charge in [0.25, 0.3) is 5.91 Å². The van der Waals surface area contributed by atoms with E-state index in [1.54, 1.807) is 12.1 Å². The molecular weight excluding hydrogens is 383 g/mol. The number of carbonyl (C=O) groups excluding carboxylic acids is 1. The number of hydrogen-bond acceptors (Lipinski definition) is 5. The van der Waals surface area contributed by atoms with Crippen molar-refractivity contribution in [2.75, 3.05) is 26.2 Å². The number of aliphatic imine (C=N–C) groups is 1. The Balaban J connectivity index is 1.40. The summed E-state index contributed by atoms with van der Waals surface area (Å²) in [6, 6.07) is 9.09. The van der Waals surface area contributed by atoms with Gasteiger partial charge in [0.1, 0.15) is 24.2 Å². The maximum atomic E-state index is 13.5. The van der Waals surface area contributed by atoms with Crippen LogP contribution < -0.4 is 5.48 Å². The first-order valence-electron chi connectivity index (χ1n) is 10.6. The van der Waals surface area contributed by atoms with E-state index in [1.165, 1.54) is 0 Å². The normalized spacial score (nSPS) is 27.9. The van der Waals surface area contributed by atoms with Gasteiger partial charge in [0.15, 0.2) is 0 Å². The number of likely N-dealkylation sites (tertiary alicyclic amines) is 1. The van der Waals surface area contributed by atoms with Gasteiger partial charge >= 0.3 is 0 Å². The molecule has 0 radical (unpaired) electrons. The number of amidine groups is 1. The molecule has 1 fully saturated rings. The highest BCUT2D eigenvalue weighted by Gasteiger charge is 2.45. The van der Waals surface area contributed by atoms with Crippen molar-refractivity contribution in [1.82, 2.24) is 15.3 Å². The summed E-state index contributed by atoms with van der Waals surface area (Å²) in [5.41, 5.74) is 2.64. The van der Waals surface area contributed by atoms with Gasteiger partial charge < -0.3 is 9.80 Å². The van der Waals surface area contributed by atoms with Gasteiger partial charge in [0.2, 0.25) is 0 Å². The highest BCUT2D eigenvalue weighted by molar-refractivity contribution is 5.97.